The Labute approximate surface area is 130 Å². The highest BCUT2D eigenvalue weighted by molar-refractivity contribution is 7.10. The van der Waals surface area contributed by atoms with Crippen LogP contribution in [0.2, 0.25) is 0 Å². The molecule has 0 aliphatic heterocycles. The normalized spacial score (nSPS) is 23.8. The van der Waals surface area contributed by atoms with E-state index in [1.807, 2.05) is 5.38 Å². The number of carbonyl (C=O) groups is 1. The van der Waals surface area contributed by atoms with Crippen LogP contribution in [0.3, 0.4) is 0 Å². The topological polar surface area (TPSA) is 61.4 Å². The quantitative estimate of drug-likeness (QED) is 0.791. The first-order valence-electron chi connectivity index (χ1n) is 7.19. The van der Waals surface area contributed by atoms with Crippen molar-refractivity contribution in [3.63, 3.8) is 0 Å². The fourth-order valence-corrected chi connectivity index (χ4v) is 3.34. The number of aliphatic hydroxyl groups excluding tert-OH is 1. The van der Waals surface area contributed by atoms with Gasteiger partial charge in [-0.15, -0.1) is 11.3 Å². The highest BCUT2D eigenvalue weighted by Crippen LogP contribution is 2.37. The van der Waals surface area contributed by atoms with Crippen molar-refractivity contribution in [3.05, 3.63) is 22.4 Å². The second kappa shape index (κ2) is 7.32. The zero-order valence-electron chi connectivity index (χ0n) is 11.9. The average molecular weight is 336 g/mol. The van der Waals surface area contributed by atoms with E-state index in [0.717, 1.165) is 4.88 Å². The number of nitrogens with one attached hydrogen (secondary N) is 2. The second-order valence-corrected chi connectivity index (χ2v) is 6.47. The molecule has 3 unspecified atom stereocenters. The maximum absolute atomic E-state index is 12.7. The molecular weight excluding hydrogens is 317 g/mol. The van der Waals surface area contributed by atoms with E-state index in [1.165, 1.54) is 11.3 Å². The fourth-order valence-electron chi connectivity index (χ4n) is 2.63. The van der Waals surface area contributed by atoms with E-state index in [4.69, 9.17) is 0 Å². The minimum absolute atomic E-state index is 0.0295. The molecule has 1 saturated carbocycles. The summed E-state index contributed by atoms with van der Waals surface area (Å²) in [6, 6.07) is 2.54. The van der Waals surface area contributed by atoms with E-state index in [9.17, 15) is 23.1 Å². The third-order valence-corrected chi connectivity index (χ3v) is 4.77. The van der Waals surface area contributed by atoms with Gasteiger partial charge in [0.2, 0.25) is 0 Å². The molecule has 1 aromatic heterocycles. The minimum Gasteiger partial charge on any atom is -0.386 e. The molecule has 1 aromatic rings. The van der Waals surface area contributed by atoms with Crippen LogP contribution in [0, 0.1) is 5.92 Å². The number of halogens is 3. The van der Waals surface area contributed by atoms with Crippen molar-refractivity contribution >= 4 is 17.4 Å². The summed E-state index contributed by atoms with van der Waals surface area (Å²) in [4.78, 5) is 12.5. The Hall–Kier alpha value is -1.28. The number of thiophene rings is 1. The number of rotatable bonds is 4. The molecule has 1 fully saturated rings. The lowest BCUT2D eigenvalue weighted by Gasteiger charge is -2.31. The Bertz CT molecular complexity index is 479. The van der Waals surface area contributed by atoms with Crippen molar-refractivity contribution in [3.8, 4) is 0 Å². The molecule has 22 heavy (non-hydrogen) atoms. The molecule has 2 amide bonds. The Morgan fingerprint density at radius 1 is 1.45 bits per heavy atom. The lowest BCUT2D eigenvalue weighted by atomic mass is 9.85. The molecule has 124 valence electrons. The van der Waals surface area contributed by atoms with Gasteiger partial charge in [0.15, 0.2) is 0 Å². The SMILES string of the molecule is O=C(NCC(O)c1cccs1)NC1CCCC(C(F)(F)F)C1. The van der Waals surface area contributed by atoms with Crippen molar-refractivity contribution < 1.29 is 23.1 Å². The van der Waals surface area contributed by atoms with Gasteiger partial charge in [0.25, 0.3) is 0 Å². The molecular formula is C14H19F3N2O2S. The minimum atomic E-state index is -4.20. The van der Waals surface area contributed by atoms with Crippen molar-refractivity contribution in [1.82, 2.24) is 10.6 Å². The number of carbonyl (C=O) groups excluding carboxylic acids is 1. The average Bonchev–Trinajstić information content (AvgIpc) is 2.98. The predicted molar refractivity (Wildman–Crippen MR) is 77.6 cm³/mol. The van der Waals surface area contributed by atoms with Gasteiger partial charge in [0.1, 0.15) is 6.10 Å². The predicted octanol–water partition coefficient (Wildman–Crippen LogP) is 3.20. The molecule has 0 saturated heterocycles. The summed E-state index contributed by atoms with van der Waals surface area (Å²) in [6.45, 7) is 0.0295. The van der Waals surface area contributed by atoms with E-state index < -0.39 is 30.3 Å². The van der Waals surface area contributed by atoms with Gasteiger partial charge in [-0.1, -0.05) is 12.5 Å². The highest BCUT2D eigenvalue weighted by Gasteiger charge is 2.42. The van der Waals surface area contributed by atoms with Crippen LogP contribution in [0.1, 0.15) is 36.7 Å². The third-order valence-electron chi connectivity index (χ3n) is 3.80. The molecule has 8 heteroatoms. The van der Waals surface area contributed by atoms with Gasteiger partial charge < -0.3 is 15.7 Å². The highest BCUT2D eigenvalue weighted by atomic mass is 32.1. The number of hydrogen-bond acceptors (Lipinski definition) is 3. The standard InChI is InChI=1S/C14H19F3N2O2S/c15-14(16,17)9-3-1-4-10(7-9)19-13(21)18-8-11(20)12-5-2-6-22-12/h2,5-6,9-11,20H,1,3-4,7-8H2,(H2,18,19,21). The molecule has 0 bridgehead atoms. The molecule has 0 radical (unpaired) electrons. The summed E-state index contributed by atoms with van der Waals surface area (Å²) in [5, 5.41) is 16.7. The smallest absolute Gasteiger partial charge is 0.386 e. The summed E-state index contributed by atoms with van der Waals surface area (Å²) >= 11 is 1.37. The molecule has 3 N–H and O–H groups in total. The van der Waals surface area contributed by atoms with Crippen LogP contribution in [0.4, 0.5) is 18.0 Å². The molecule has 0 aromatic carbocycles. The van der Waals surface area contributed by atoms with E-state index in [-0.39, 0.29) is 19.4 Å². The lowest BCUT2D eigenvalue weighted by molar-refractivity contribution is -0.183. The number of urea groups is 1. The number of alkyl halides is 3. The van der Waals surface area contributed by atoms with Crippen LogP contribution in [-0.2, 0) is 0 Å². The van der Waals surface area contributed by atoms with Gasteiger partial charge in [-0.3, -0.25) is 0 Å². The van der Waals surface area contributed by atoms with Gasteiger partial charge in [-0.2, -0.15) is 13.2 Å². The van der Waals surface area contributed by atoms with Crippen LogP contribution in [0.15, 0.2) is 17.5 Å². The monoisotopic (exact) mass is 336 g/mol. The van der Waals surface area contributed by atoms with Gasteiger partial charge in [0, 0.05) is 10.9 Å². The van der Waals surface area contributed by atoms with Gasteiger partial charge >= 0.3 is 12.2 Å². The molecule has 3 atom stereocenters. The number of hydrogen-bond donors (Lipinski definition) is 3. The summed E-state index contributed by atoms with van der Waals surface area (Å²) < 4.78 is 38.1. The summed E-state index contributed by atoms with van der Waals surface area (Å²) in [7, 11) is 0. The maximum atomic E-state index is 12.7. The Balaban J connectivity index is 1.75. The zero-order chi connectivity index (χ0) is 16.2. The van der Waals surface area contributed by atoms with E-state index >= 15 is 0 Å². The largest absolute Gasteiger partial charge is 0.391 e. The van der Waals surface area contributed by atoms with E-state index in [2.05, 4.69) is 10.6 Å². The van der Waals surface area contributed by atoms with Crippen LogP contribution < -0.4 is 10.6 Å². The van der Waals surface area contributed by atoms with Crippen LogP contribution in [-0.4, -0.2) is 29.9 Å². The van der Waals surface area contributed by atoms with Crippen molar-refractivity contribution in [2.75, 3.05) is 6.54 Å². The van der Waals surface area contributed by atoms with Crippen LogP contribution in [0.5, 0.6) is 0 Å². The Kier molecular flexibility index (Phi) is 5.69. The molecule has 2 rings (SSSR count). The van der Waals surface area contributed by atoms with E-state index in [0.29, 0.717) is 12.8 Å². The van der Waals surface area contributed by atoms with E-state index in [1.54, 1.807) is 12.1 Å². The molecule has 1 aliphatic rings. The first-order valence-corrected chi connectivity index (χ1v) is 8.06. The van der Waals surface area contributed by atoms with Gasteiger partial charge in [-0.05, 0) is 30.7 Å². The number of aliphatic hydroxyl groups is 1. The van der Waals surface area contributed by atoms with Gasteiger partial charge in [0.05, 0.1) is 12.5 Å². The first-order chi connectivity index (χ1) is 10.4. The molecule has 1 heterocycles. The molecule has 1 aliphatic carbocycles. The second-order valence-electron chi connectivity index (χ2n) is 5.49. The Morgan fingerprint density at radius 3 is 2.86 bits per heavy atom. The maximum Gasteiger partial charge on any atom is 0.391 e. The third kappa shape index (κ3) is 4.88. The molecule has 4 nitrogen and oxygen atoms in total. The zero-order valence-corrected chi connectivity index (χ0v) is 12.7. The van der Waals surface area contributed by atoms with Crippen LogP contribution in [0.25, 0.3) is 0 Å². The van der Waals surface area contributed by atoms with Crippen molar-refractivity contribution in [1.29, 1.82) is 0 Å². The molecule has 0 spiro atoms. The Morgan fingerprint density at radius 2 is 2.23 bits per heavy atom. The van der Waals surface area contributed by atoms with Crippen LogP contribution >= 0.6 is 11.3 Å². The first kappa shape index (κ1) is 17.1. The number of amides is 2. The fraction of sp³-hybridized carbons (Fsp3) is 0.643. The summed E-state index contributed by atoms with van der Waals surface area (Å²) in [6.07, 6.45) is -3.96. The van der Waals surface area contributed by atoms with Crippen molar-refractivity contribution in [2.45, 2.75) is 44.0 Å². The summed E-state index contributed by atoms with van der Waals surface area (Å²) in [5.41, 5.74) is 0. The lowest BCUT2D eigenvalue weighted by Crippen LogP contribution is -2.46. The summed E-state index contributed by atoms with van der Waals surface area (Å²) in [5.74, 6) is -1.34. The van der Waals surface area contributed by atoms with Crippen molar-refractivity contribution in [2.24, 2.45) is 5.92 Å². The van der Waals surface area contributed by atoms with Gasteiger partial charge in [-0.25, -0.2) is 4.79 Å².